The molecule has 0 aliphatic carbocycles. The van der Waals surface area contributed by atoms with Crippen molar-refractivity contribution in [1.29, 1.82) is 0 Å². The van der Waals surface area contributed by atoms with Crippen molar-refractivity contribution >= 4 is 8.32 Å². The van der Waals surface area contributed by atoms with Gasteiger partial charge in [0, 0.05) is 18.2 Å². The minimum atomic E-state index is -2.20. The number of aliphatic hydroxyl groups is 2. The van der Waals surface area contributed by atoms with Crippen molar-refractivity contribution < 1.29 is 19.4 Å². The van der Waals surface area contributed by atoms with Gasteiger partial charge in [-0.1, -0.05) is 20.8 Å². The normalized spacial score (nSPS) is 23.4. The van der Waals surface area contributed by atoms with Crippen LogP contribution in [-0.4, -0.2) is 53.0 Å². The van der Waals surface area contributed by atoms with Crippen LogP contribution >= 0.6 is 0 Å². The van der Waals surface area contributed by atoms with Crippen LogP contribution in [0.5, 0.6) is 0 Å². The number of aromatic nitrogens is 2. The molecule has 1 unspecified atom stereocenters. The van der Waals surface area contributed by atoms with E-state index < -0.39 is 50.7 Å². The summed E-state index contributed by atoms with van der Waals surface area (Å²) in [4.78, 5) is 26.0. The first-order valence-electron chi connectivity index (χ1n) is 8.76. The van der Waals surface area contributed by atoms with Crippen molar-refractivity contribution in [3.63, 3.8) is 0 Å². The van der Waals surface area contributed by atoms with Crippen LogP contribution in [0.2, 0.25) is 18.1 Å². The van der Waals surface area contributed by atoms with E-state index in [-0.39, 0.29) is 5.04 Å². The van der Waals surface area contributed by atoms with Gasteiger partial charge in [0.25, 0.3) is 5.56 Å². The lowest BCUT2D eigenvalue weighted by molar-refractivity contribution is -0.147. The van der Waals surface area contributed by atoms with Crippen LogP contribution in [0.3, 0.4) is 0 Å². The average Bonchev–Trinajstić information content (AvgIpc) is 2.88. The molecule has 0 bridgehead atoms. The first kappa shape index (κ1) is 21.0. The van der Waals surface area contributed by atoms with Gasteiger partial charge in [0.2, 0.25) is 0 Å². The van der Waals surface area contributed by atoms with Crippen LogP contribution in [0.4, 0.5) is 0 Å². The van der Waals surface area contributed by atoms with Crippen molar-refractivity contribution in [3.8, 4) is 0 Å². The Morgan fingerprint density at radius 2 is 1.92 bits per heavy atom. The van der Waals surface area contributed by atoms with E-state index in [1.54, 1.807) is 6.92 Å². The summed E-state index contributed by atoms with van der Waals surface area (Å²) in [5, 5.41) is 19.8. The molecule has 3 N–H and O–H groups in total. The highest BCUT2D eigenvalue weighted by molar-refractivity contribution is 6.74. The second-order valence-electron chi connectivity index (χ2n) is 8.53. The summed E-state index contributed by atoms with van der Waals surface area (Å²) < 4.78 is 13.6. The Hall–Kier alpha value is -1.26. The molecule has 1 aromatic heterocycles. The fraction of sp³-hybridized carbons (Fsp3) is 0.765. The van der Waals surface area contributed by atoms with E-state index in [1.165, 1.54) is 10.8 Å². The second kappa shape index (κ2) is 7.04. The van der Waals surface area contributed by atoms with Gasteiger partial charge in [-0.3, -0.25) is 14.3 Å². The van der Waals surface area contributed by atoms with E-state index >= 15 is 0 Å². The summed E-state index contributed by atoms with van der Waals surface area (Å²) in [5.41, 5.74) is -1.97. The number of nitrogens with zero attached hydrogens (tertiary/aromatic N) is 1. The van der Waals surface area contributed by atoms with Crippen LogP contribution in [0, 0.1) is 6.92 Å². The monoisotopic (exact) mass is 386 g/mol. The molecule has 1 aromatic rings. The van der Waals surface area contributed by atoms with Crippen LogP contribution in [0.15, 0.2) is 15.8 Å². The lowest BCUT2D eigenvalue weighted by Gasteiger charge is -2.42. The quantitative estimate of drug-likeness (QED) is 0.647. The zero-order chi connectivity index (χ0) is 19.9. The maximum atomic E-state index is 12.2. The molecule has 26 heavy (non-hydrogen) atoms. The van der Waals surface area contributed by atoms with E-state index in [9.17, 15) is 19.8 Å². The Morgan fingerprint density at radius 1 is 1.35 bits per heavy atom. The van der Waals surface area contributed by atoms with Gasteiger partial charge >= 0.3 is 5.69 Å². The molecule has 1 aliphatic heterocycles. The lowest BCUT2D eigenvalue weighted by atomic mass is 9.99. The molecule has 9 heteroatoms. The van der Waals surface area contributed by atoms with E-state index in [4.69, 9.17) is 9.16 Å². The number of ether oxygens (including phenoxy) is 1. The SMILES string of the molecule is Cc1cn([C@H]2CC(O[Si](C)(C)C(C)(C)C)C(CO)(CO)O2)c(=O)[nH]c1=O. The van der Waals surface area contributed by atoms with Crippen LogP contribution in [0.25, 0.3) is 0 Å². The molecule has 0 saturated carbocycles. The second-order valence-corrected chi connectivity index (χ2v) is 13.3. The smallest absolute Gasteiger partial charge is 0.330 e. The largest absolute Gasteiger partial charge is 0.411 e. The maximum Gasteiger partial charge on any atom is 0.330 e. The highest BCUT2D eigenvalue weighted by atomic mass is 28.4. The van der Waals surface area contributed by atoms with E-state index in [2.05, 4.69) is 38.8 Å². The van der Waals surface area contributed by atoms with E-state index in [1.807, 2.05) is 0 Å². The Kier molecular flexibility index (Phi) is 5.70. The predicted molar refractivity (Wildman–Crippen MR) is 99.8 cm³/mol. The molecule has 1 aliphatic rings. The molecule has 2 heterocycles. The molecule has 0 spiro atoms. The summed E-state index contributed by atoms with van der Waals surface area (Å²) in [6.07, 6.45) is 0.411. The predicted octanol–water partition coefficient (Wildman–Crippen LogP) is 0.878. The number of hydrogen-bond acceptors (Lipinski definition) is 6. The fourth-order valence-corrected chi connectivity index (χ4v) is 4.16. The Morgan fingerprint density at radius 3 is 2.42 bits per heavy atom. The highest BCUT2D eigenvalue weighted by Gasteiger charge is 2.53. The van der Waals surface area contributed by atoms with E-state index in [0.29, 0.717) is 12.0 Å². The van der Waals surface area contributed by atoms with Crippen molar-refractivity contribution in [3.05, 3.63) is 32.6 Å². The van der Waals surface area contributed by atoms with Crippen LogP contribution in [-0.2, 0) is 9.16 Å². The number of rotatable bonds is 5. The summed E-state index contributed by atoms with van der Waals surface area (Å²) in [5.74, 6) is 0. The van der Waals surface area contributed by atoms with Crippen molar-refractivity contribution in [2.75, 3.05) is 13.2 Å². The Bertz CT molecular complexity index is 760. The zero-order valence-corrected chi connectivity index (χ0v) is 17.3. The van der Waals surface area contributed by atoms with Gasteiger partial charge in [0.1, 0.15) is 11.8 Å². The molecule has 0 amide bonds. The molecule has 8 nitrogen and oxygen atoms in total. The Balaban J connectivity index is 2.40. The van der Waals surface area contributed by atoms with E-state index in [0.717, 1.165) is 0 Å². The number of aliphatic hydroxyl groups excluding tert-OH is 2. The number of H-pyrrole nitrogens is 1. The topological polar surface area (TPSA) is 114 Å². The summed E-state index contributed by atoms with van der Waals surface area (Å²) in [6.45, 7) is 11.2. The zero-order valence-electron chi connectivity index (χ0n) is 16.3. The third kappa shape index (κ3) is 3.72. The van der Waals surface area contributed by atoms with Gasteiger partial charge in [0.05, 0.1) is 19.3 Å². The van der Waals surface area contributed by atoms with Gasteiger partial charge in [0.15, 0.2) is 8.32 Å². The highest BCUT2D eigenvalue weighted by Crippen LogP contribution is 2.44. The molecule has 148 valence electrons. The third-order valence-corrected chi connectivity index (χ3v) is 10.1. The summed E-state index contributed by atoms with van der Waals surface area (Å²) >= 11 is 0. The number of nitrogens with one attached hydrogen (secondary N) is 1. The maximum absolute atomic E-state index is 12.2. The standard InChI is InChI=1S/C17H30N2O6Si/c1-11-8-19(15(23)18-14(11)22)13-7-12(17(9-20,10-21)24-13)25-26(5,6)16(2,3)4/h8,12-13,20-21H,7,9-10H2,1-6H3,(H,18,22,23)/t12?,13-/m1/s1. The number of aryl methyl sites for hydroxylation is 1. The molecule has 0 radical (unpaired) electrons. The van der Waals surface area contributed by atoms with Gasteiger partial charge in [-0.25, -0.2) is 4.79 Å². The molecule has 1 fully saturated rings. The average molecular weight is 387 g/mol. The minimum absolute atomic E-state index is 0.0624. The summed E-state index contributed by atoms with van der Waals surface area (Å²) in [7, 11) is -2.20. The molecular formula is C17H30N2O6Si. The molecule has 2 atom stereocenters. The van der Waals surface area contributed by atoms with Crippen molar-refractivity contribution in [1.82, 2.24) is 9.55 Å². The summed E-state index contributed by atoms with van der Waals surface area (Å²) in [6, 6.07) is 0. The molecule has 0 aromatic carbocycles. The van der Waals surface area contributed by atoms with Crippen LogP contribution in [0.1, 0.15) is 39.0 Å². The van der Waals surface area contributed by atoms with Gasteiger partial charge in [-0.2, -0.15) is 0 Å². The first-order chi connectivity index (χ1) is 11.9. The van der Waals surface area contributed by atoms with Gasteiger partial charge < -0.3 is 19.4 Å². The lowest BCUT2D eigenvalue weighted by Crippen LogP contribution is -2.54. The van der Waals surface area contributed by atoms with Crippen molar-refractivity contribution in [2.24, 2.45) is 0 Å². The molecule has 1 saturated heterocycles. The van der Waals surface area contributed by atoms with Crippen LogP contribution < -0.4 is 11.2 Å². The third-order valence-electron chi connectivity index (χ3n) is 5.61. The number of hydrogen-bond donors (Lipinski definition) is 3. The fourth-order valence-electron chi connectivity index (χ4n) is 2.78. The molecular weight excluding hydrogens is 356 g/mol. The minimum Gasteiger partial charge on any atom is -0.411 e. The van der Waals surface area contributed by atoms with Crippen molar-refractivity contribution in [2.45, 2.75) is 70.2 Å². The van der Waals surface area contributed by atoms with Gasteiger partial charge in [-0.05, 0) is 25.1 Å². The van der Waals surface area contributed by atoms with Gasteiger partial charge in [-0.15, -0.1) is 0 Å². The molecule has 2 rings (SSSR count). The Labute approximate surface area is 153 Å². The first-order valence-corrected chi connectivity index (χ1v) is 11.7. The number of aromatic amines is 1.